The predicted octanol–water partition coefficient (Wildman–Crippen LogP) is 0.753. The van der Waals surface area contributed by atoms with Gasteiger partial charge in [-0.05, 0) is 24.3 Å². The van der Waals surface area contributed by atoms with E-state index < -0.39 is 0 Å². The number of nitrogens with zero attached hydrogens (tertiary/aromatic N) is 2. The molecule has 1 aromatic carbocycles. The summed E-state index contributed by atoms with van der Waals surface area (Å²) in [6.45, 7) is 1.83. The van der Waals surface area contributed by atoms with Crippen molar-refractivity contribution in [3.05, 3.63) is 30.5 Å². The van der Waals surface area contributed by atoms with Crippen LogP contribution in [0.5, 0.6) is 0 Å². The molecule has 3 rings (SSSR count). The maximum absolute atomic E-state index is 11.5. The molecule has 3 N–H and O–H groups in total. The number of carbonyl (C=O) groups excluding carboxylic acids is 1. The van der Waals surface area contributed by atoms with E-state index in [1.165, 1.54) is 0 Å². The highest BCUT2D eigenvalue weighted by molar-refractivity contribution is 5.99. The van der Waals surface area contributed by atoms with Crippen molar-refractivity contribution in [2.75, 3.05) is 30.3 Å². The van der Waals surface area contributed by atoms with Crippen LogP contribution in [-0.2, 0) is 4.79 Å². The molecule has 5 heteroatoms. The normalized spacial score (nSPS) is 15.8. The maximum Gasteiger partial charge on any atom is 0.239 e. The number of amides is 1. The van der Waals surface area contributed by atoms with Gasteiger partial charge in [-0.25, -0.2) is 0 Å². The van der Waals surface area contributed by atoms with Crippen molar-refractivity contribution in [2.45, 2.75) is 0 Å². The second kappa shape index (κ2) is 4.18. The SMILES string of the molecule is Nc1ccc(N2CCNC(=O)C2)c2ncccc12. The molecule has 1 aliphatic rings. The Bertz CT molecular complexity index is 611. The number of piperazine rings is 1. The molecule has 1 saturated heterocycles. The maximum atomic E-state index is 11.5. The molecule has 1 aromatic heterocycles. The number of benzene rings is 1. The fourth-order valence-corrected chi connectivity index (χ4v) is 2.28. The lowest BCUT2D eigenvalue weighted by Crippen LogP contribution is -2.47. The Labute approximate surface area is 105 Å². The number of nitrogens with one attached hydrogen (secondary N) is 1. The van der Waals surface area contributed by atoms with E-state index in [4.69, 9.17) is 5.73 Å². The smallest absolute Gasteiger partial charge is 0.239 e. The van der Waals surface area contributed by atoms with Gasteiger partial charge < -0.3 is 16.0 Å². The molecule has 0 atom stereocenters. The molecule has 1 aliphatic heterocycles. The summed E-state index contributed by atoms with van der Waals surface area (Å²) in [5.41, 5.74) is 8.48. The van der Waals surface area contributed by atoms with Crippen molar-refractivity contribution in [3.8, 4) is 0 Å². The number of pyridine rings is 1. The second-order valence-electron chi connectivity index (χ2n) is 4.34. The predicted molar refractivity (Wildman–Crippen MR) is 71.4 cm³/mol. The van der Waals surface area contributed by atoms with Crippen molar-refractivity contribution in [2.24, 2.45) is 0 Å². The van der Waals surface area contributed by atoms with Gasteiger partial charge >= 0.3 is 0 Å². The van der Waals surface area contributed by atoms with Gasteiger partial charge in [-0.15, -0.1) is 0 Å². The molecular weight excluding hydrogens is 228 g/mol. The fourth-order valence-electron chi connectivity index (χ4n) is 2.28. The monoisotopic (exact) mass is 242 g/mol. The average molecular weight is 242 g/mol. The highest BCUT2D eigenvalue weighted by Crippen LogP contribution is 2.29. The topological polar surface area (TPSA) is 71.2 Å². The number of nitrogens with two attached hydrogens (primary N) is 1. The van der Waals surface area contributed by atoms with Crippen molar-refractivity contribution >= 4 is 28.2 Å². The van der Waals surface area contributed by atoms with Crippen LogP contribution in [-0.4, -0.2) is 30.5 Å². The van der Waals surface area contributed by atoms with Gasteiger partial charge in [-0.2, -0.15) is 0 Å². The largest absolute Gasteiger partial charge is 0.398 e. The van der Waals surface area contributed by atoms with Gasteiger partial charge in [-0.1, -0.05) is 0 Å². The van der Waals surface area contributed by atoms with Crippen LogP contribution < -0.4 is 16.0 Å². The first-order valence-electron chi connectivity index (χ1n) is 5.90. The summed E-state index contributed by atoms with van der Waals surface area (Å²) >= 11 is 0. The van der Waals surface area contributed by atoms with Crippen molar-refractivity contribution in [3.63, 3.8) is 0 Å². The van der Waals surface area contributed by atoms with Crippen LogP contribution >= 0.6 is 0 Å². The zero-order chi connectivity index (χ0) is 12.5. The number of hydrogen-bond acceptors (Lipinski definition) is 4. The Balaban J connectivity index is 2.11. The summed E-state index contributed by atoms with van der Waals surface area (Å²) in [5, 5.41) is 3.75. The summed E-state index contributed by atoms with van der Waals surface area (Å²) in [6.07, 6.45) is 1.75. The van der Waals surface area contributed by atoms with Crippen LogP contribution in [0.3, 0.4) is 0 Å². The van der Waals surface area contributed by atoms with Crippen LogP contribution in [0, 0.1) is 0 Å². The van der Waals surface area contributed by atoms with E-state index in [2.05, 4.69) is 10.3 Å². The summed E-state index contributed by atoms with van der Waals surface area (Å²) in [6, 6.07) is 7.62. The Morgan fingerprint density at radius 1 is 1.33 bits per heavy atom. The lowest BCUT2D eigenvalue weighted by molar-refractivity contribution is -0.120. The average Bonchev–Trinajstić information content (AvgIpc) is 2.39. The van der Waals surface area contributed by atoms with Crippen LogP contribution in [0.4, 0.5) is 11.4 Å². The number of aromatic nitrogens is 1. The molecule has 2 aromatic rings. The van der Waals surface area contributed by atoms with Crippen LogP contribution in [0.25, 0.3) is 10.9 Å². The Morgan fingerprint density at radius 3 is 3.06 bits per heavy atom. The van der Waals surface area contributed by atoms with Crippen LogP contribution in [0.15, 0.2) is 30.5 Å². The van der Waals surface area contributed by atoms with Crippen molar-refractivity contribution in [1.29, 1.82) is 0 Å². The molecule has 1 fully saturated rings. The molecule has 18 heavy (non-hydrogen) atoms. The number of anilines is 2. The van der Waals surface area contributed by atoms with Gasteiger partial charge in [0, 0.05) is 30.4 Å². The quantitative estimate of drug-likeness (QED) is 0.724. The van der Waals surface area contributed by atoms with Gasteiger partial charge in [0.25, 0.3) is 0 Å². The molecule has 0 saturated carbocycles. The molecule has 92 valence electrons. The second-order valence-corrected chi connectivity index (χ2v) is 4.34. The number of nitrogen functional groups attached to an aromatic ring is 1. The third-order valence-corrected chi connectivity index (χ3v) is 3.16. The van der Waals surface area contributed by atoms with Crippen LogP contribution in [0.2, 0.25) is 0 Å². The number of hydrogen-bond donors (Lipinski definition) is 2. The third kappa shape index (κ3) is 1.73. The third-order valence-electron chi connectivity index (χ3n) is 3.16. The first kappa shape index (κ1) is 10.8. The number of rotatable bonds is 1. The van der Waals surface area contributed by atoms with E-state index in [0.29, 0.717) is 18.8 Å². The molecule has 1 amide bonds. The lowest BCUT2D eigenvalue weighted by atomic mass is 10.1. The first-order valence-corrected chi connectivity index (χ1v) is 5.90. The van der Waals surface area contributed by atoms with Gasteiger partial charge in [0.05, 0.1) is 17.7 Å². The summed E-state index contributed by atoms with van der Waals surface area (Å²) in [4.78, 5) is 17.9. The van der Waals surface area contributed by atoms with E-state index in [1.54, 1.807) is 6.20 Å². The highest BCUT2D eigenvalue weighted by atomic mass is 16.2. The Morgan fingerprint density at radius 2 is 2.22 bits per heavy atom. The van der Waals surface area contributed by atoms with E-state index in [0.717, 1.165) is 23.1 Å². The highest BCUT2D eigenvalue weighted by Gasteiger charge is 2.19. The summed E-state index contributed by atoms with van der Waals surface area (Å²) in [5.74, 6) is 0.0437. The minimum atomic E-state index is 0.0437. The van der Waals surface area contributed by atoms with E-state index in [1.807, 2.05) is 29.2 Å². The lowest BCUT2D eigenvalue weighted by Gasteiger charge is -2.29. The number of carbonyl (C=O) groups is 1. The molecule has 0 radical (unpaired) electrons. The van der Waals surface area contributed by atoms with E-state index in [9.17, 15) is 4.79 Å². The fraction of sp³-hybridized carbons (Fsp3) is 0.231. The standard InChI is InChI=1S/C13H14N4O/c14-10-3-4-11(13-9(10)2-1-5-16-13)17-7-6-15-12(18)8-17/h1-5H,6-8,14H2,(H,15,18). The molecular formula is C13H14N4O. The zero-order valence-electron chi connectivity index (χ0n) is 9.89. The van der Waals surface area contributed by atoms with Gasteiger partial charge in [0.1, 0.15) is 0 Å². The molecule has 0 spiro atoms. The van der Waals surface area contributed by atoms with E-state index >= 15 is 0 Å². The Kier molecular flexibility index (Phi) is 2.51. The first-order chi connectivity index (χ1) is 8.75. The molecule has 0 bridgehead atoms. The molecule has 0 unspecified atom stereocenters. The summed E-state index contributed by atoms with van der Waals surface area (Å²) < 4.78 is 0. The van der Waals surface area contributed by atoms with Crippen molar-refractivity contribution < 1.29 is 4.79 Å². The van der Waals surface area contributed by atoms with Crippen LogP contribution in [0.1, 0.15) is 0 Å². The summed E-state index contributed by atoms with van der Waals surface area (Å²) in [7, 11) is 0. The van der Waals surface area contributed by atoms with Crippen molar-refractivity contribution in [1.82, 2.24) is 10.3 Å². The molecule has 5 nitrogen and oxygen atoms in total. The number of fused-ring (bicyclic) bond motifs is 1. The Hall–Kier alpha value is -2.30. The minimum Gasteiger partial charge on any atom is -0.398 e. The minimum absolute atomic E-state index is 0.0437. The molecule has 0 aliphatic carbocycles. The van der Waals surface area contributed by atoms with E-state index in [-0.39, 0.29) is 5.91 Å². The van der Waals surface area contributed by atoms with Gasteiger partial charge in [0.15, 0.2) is 0 Å². The molecule has 2 heterocycles. The zero-order valence-corrected chi connectivity index (χ0v) is 9.89. The van der Waals surface area contributed by atoms with Gasteiger partial charge in [0.2, 0.25) is 5.91 Å². The van der Waals surface area contributed by atoms with Gasteiger partial charge in [-0.3, -0.25) is 9.78 Å².